The number of carbonyl (C=O) groups is 1. The Morgan fingerprint density at radius 1 is 1.38 bits per heavy atom. The normalized spacial score (nSPS) is 31.6. The second kappa shape index (κ2) is 2.39. The van der Waals surface area contributed by atoms with Gasteiger partial charge in [0, 0.05) is 11.8 Å². The van der Waals surface area contributed by atoms with Crippen molar-refractivity contribution in [1.29, 1.82) is 0 Å². The van der Waals surface area contributed by atoms with Gasteiger partial charge in [-0.1, -0.05) is 6.42 Å². The standard InChI is InChI=1S/C8H10F3NO/c9-8(10,11)6-7(2-1-3-7)4-5(13)12-6/h6H,1-4H2,(H,12,13). The van der Waals surface area contributed by atoms with Gasteiger partial charge in [-0.15, -0.1) is 0 Å². The van der Waals surface area contributed by atoms with Crippen LogP contribution in [0.3, 0.4) is 0 Å². The van der Waals surface area contributed by atoms with Crippen LogP contribution in [0.1, 0.15) is 25.7 Å². The Labute approximate surface area is 73.5 Å². The van der Waals surface area contributed by atoms with Crippen molar-refractivity contribution in [3.8, 4) is 0 Å². The fourth-order valence-corrected chi connectivity index (χ4v) is 2.31. The zero-order valence-electron chi connectivity index (χ0n) is 6.95. The summed E-state index contributed by atoms with van der Waals surface area (Å²) in [6, 6.07) is -1.60. The first-order valence-corrected chi connectivity index (χ1v) is 4.30. The highest BCUT2D eigenvalue weighted by Crippen LogP contribution is 2.53. The van der Waals surface area contributed by atoms with Gasteiger partial charge in [0.2, 0.25) is 5.91 Å². The Kier molecular flexibility index (Phi) is 1.63. The van der Waals surface area contributed by atoms with Gasteiger partial charge in [-0.3, -0.25) is 4.79 Å². The monoisotopic (exact) mass is 193 g/mol. The topological polar surface area (TPSA) is 29.1 Å². The quantitative estimate of drug-likeness (QED) is 0.622. The first kappa shape index (κ1) is 8.84. The minimum atomic E-state index is -4.29. The number of hydrogen-bond acceptors (Lipinski definition) is 1. The van der Waals surface area contributed by atoms with E-state index in [2.05, 4.69) is 0 Å². The van der Waals surface area contributed by atoms with Gasteiger partial charge in [0.25, 0.3) is 0 Å². The van der Waals surface area contributed by atoms with E-state index in [1.54, 1.807) is 0 Å². The van der Waals surface area contributed by atoms with Crippen molar-refractivity contribution in [3.05, 3.63) is 0 Å². The summed E-state index contributed by atoms with van der Waals surface area (Å²) in [6.45, 7) is 0. The van der Waals surface area contributed by atoms with Crippen LogP contribution in [0.2, 0.25) is 0 Å². The summed E-state index contributed by atoms with van der Waals surface area (Å²) in [7, 11) is 0. The van der Waals surface area contributed by atoms with Gasteiger partial charge in [-0.2, -0.15) is 13.2 Å². The lowest BCUT2D eigenvalue weighted by atomic mass is 9.64. The minimum Gasteiger partial charge on any atom is -0.344 e. The Hall–Kier alpha value is -0.740. The summed E-state index contributed by atoms with van der Waals surface area (Å²) >= 11 is 0. The number of nitrogens with one attached hydrogen (secondary N) is 1. The molecule has 0 radical (unpaired) electrons. The molecule has 2 aliphatic rings. The highest BCUT2D eigenvalue weighted by molar-refractivity contribution is 5.80. The fraction of sp³-hybridized carbons (Fsp3) is 0.875. The third-order valence-corrected chi connectivity index (χ3v) is 3.11. The molecule has 1 unspecified atom stereocenters. The van der Waals surface area contributed by atoms with Crippen molar-refractivity contribution >= 4 is 5.91 Å². The van der Waals surface area contributed by atoms with E-state index in [-0.39, 0.29) is 6.42 Å². The van der Waals surface area contributed by atoms with Crippen LogP contribution >= 0.6 is 0 Å². The molecule has 1 heterocycles. The Balaban J connectivity index is 2.22. The average molecular weight is 193 g/mol. The summed E-state index contributed by atoms with van der Waals surface area (Å²) in [5, 5.41) is 2.02. The van der Waals surface area contributed by atoms with Gasteiger partial charge in [0.05, 0.1) is 0 Å². The van der Waals surface area contributed by atoms with Crippen molar-refractivity contribution in [1.82, 2.24) is 5.32 Å². The van der Waals surface area contributed by atoms with Crippen LogP contribution in [-0.2, 0) is 4.79 Å². The van der Waals surface area contributed by atoms with E-state index in [0.717, 1.165) is 6.42 Å². The van der Waals surface area contributed by atoms with Crippen molar-refractivity contribution in [3.63, 3.8) is 0 Å². The van der Waals surface area contributed by atoms with E-state index in [0.29, 0.717) is 12.8 Å². The van der Waals surface area contributed by atoms with Crippen molar-refractivity contribution < 1.29 is 18.0 Å². The molecule has 0 bridgehead atoms. The van der Waals surface area contributed by atoms with E-state index in [9.17, 15) is 18.0 Å². The molecule has 74 valence electrons. The number of hydrogen-bond donors (Lipinski definition) is 1. The maximum atomic E-state index is 12.4. The molecule has 2 rings (SSSR count). The van der Waals surface area contributed by atoms with E-state index in [1.165, 1.54) is 0 Å². The molecule has 2 fully saturated rings. The first-order valence-electron chi connectivity index (χ1n) is 4.30. The van der Waals surface area contributed by atoms with Crippen LogP contribution in [-0.4, -0.2) is 18.1 Å². The van der Waals surface area contributed by atoms with E-state index in [4.69, 9.17) is 0 Å². The molecule has 0 aromatic carbocycles. The molecule has 2 nitrogen and oxygen atoms in total. The predicted molar refractivity (Wildman–Crippen MR) is 38.9 cm³/mol. The predicted octanol–water partition coefficient (Wildman–Crippen LogP) is 1.61. The molecule has 5 heteroatoms. The van der Waals surface area contributed by atoms with E-state index in [1.807, 2.05) is 5.32 Å². The molecule has 0 aromatic rings. The van der Waals surface area contributed by atoms with Crippen LogP contribution < -0.4 is 5.32 Å². The number of carbonyl (C=O) groups excluding carboxylic acids is 1. The largest absolute Gasteiger partial charge is 0.409 e. The molecule has 1 saturated heterocycles. The minimum absolute atomic E-state index is 0.0528. The number of halogens is 3. The Morgan fingerprint density at radius 2 is 2.00 bits per heavy atom. The van der Waals surface area contributed by atoms with Gasteiger partial charge >= 0.3 is 6.18 Å². The second-order valence-electron chi connectivity index (χ2n) is 3.93. The van der Waals surface area contributed by atoms with Crippen LogP contribution in [0.5, 0.6) is 0 Å². The third-order valence-electron chi connectivity index (χ3n) is 3.11. The lowest BCUT2D eigenvalue weighted by molar-refractivity contribution is -0.185. The van der Waals surface area contributed by atoms with Gasteiger partial charge in [-0.25, -0.2) is 0 Å². The lowest BCUT2D eigenvalue weighted by Crippen LogP contribution is -2.51. The third kappa shape index (κ3) is 1.21. The fourth-order valence-electron chi connectivity index (χ4n) is 2.31. The van der Waals surface area contributed by atoms with Crippen molar-refractivity contribution in [2.75, 3.05) is 0 Å². The van der Waals surface area contributed by atoms with Crippen LogP contribution in [0.15, 0.2) is 0 Å². The van der Waals surface area contributed by atoms with E-state index >= 15 is 0 Å². The maximum Gasteiger partial charge on any atom is 0.409 e. The smallest absolute Gasteiger partial charge is 0.344 e. The Morgan fingerprint density at radius 3 is 2.31 bits per heavy atom. The molecule has 1 N–H and O–H groups in total. The van der Waals surface area contributed by atoms with Crippen LogP contribution in [0.4, 0.5) is 13.2 Å². The van der Waals surface area contributed by atoms with Gasteiger partial charge in [-0.05, 0) is 12.8 Å². The zero-order valence-corrected chi connectivity index (χ0v) is 6.95. The summed E-state index contributed by atoms with van der Waals surface area (Å²) in [5.41, 5.74) is -0.796. The summed E-state index contributed by atoms with van der Waals surface area (Å²) in [6.07, 6.45) is -2.38. The lowest BCUT2D eigenvalue weighted by Gasteiger charge is -2.42. The average Bonchev–Trinajstić information content (AvgIpc) is 2.24. The molecule has 1 amide bonds. The molecular formula is C8H10F3NO. The number of rotatable bonds is 0. The molecule has 1 aliphatic heterocycles. The highest BCUT2D eigenvalue weighted by atomic mass is 19.4. The molecule has 0 aromatic heterocycles. The van der Waals surface area contributed by atoms with Crippen molar-refractivity contribution in [2.45, 2.75) is 37.9 Å². The van der Waals surface area contributed by atoms with Crippen LogP contribution in [0.25, 0.3) is 0 Å². The van der Waals surface area contributed by atoms with Gasteiger partial charge in [0.15, 0.2) is 0 Å². The van der Waals surface area contributed by atoms with Gasteiger partial charge < -0.3 is 5.32 Å². The number of alkyl halides is 3. The SMILES string of the molecule is O=C1CC2(CCC2)C(C(F)(F)F)N1. The van der Waals surface area contributed by atoms with Gasteiger partial charge in [0.1, 0.15) is 6.04 Å². The summed E-state index contributed by atoms with van der Waals surface area (Å²) < 4.78 is 37.3. The molecule has 1 saturated carbocycles. The molecule has 1 atom stereocenters. The molecule has 1 aliphatic carbocycles. The van der Waals surface area contributed by atoms with Crippen molar-refractivity contribution in [2.24, 2.45) is 5.41 Å². The first-order chi connectivity index (χ1) is 5.94. The molecule has 1 spiro atoms. The molecule has 13 heavy (non-hydrogen) atoms. The number of amides is 1. The summed E-state index contributed by atoms with van der Waals surface area (Å²) in [5.74, 6) is -0.456. The highest BCUT2D eigenvalue weighted by Gasteiger charge is 2.61. The second-order valence-corrected chi connectivity index (χ2v) is 3.93. The maximum absolute atomic E-state index is 12.4. The van der Waals surface area contributed by atoms with E-state index < -0.39 is 23.5 Å². The molecular weight excluding hydrogens is 183 g/mol. The Bertz CT molecular complexity index is 244. The summed E-state index contributed by atoms with van der Waals surface area (Å²) in [4.78, 5) is 10.9. The van der Waals surface area contributed by atoms with Crippen LogP contribution in [0, 0.1) is 5.41 Å². The zero-order chi connectivity index (χ0) is 9.69.